The number of nitrogens with zero attached hydrogens (tertiary/aromatic N) is 3. The number of nitriles is 1. The summed E-state index contributed by atoms with van der Waals surface area (Å²) in [6.07, 6.45) is 3.27. The van der Waals surface area contributed by atoms with Crippen LogP contribution < -0.4 is 0 Å². The van der Waals surface area contributed by atoms with Crippen molar-refractivity contribution in [3.05, 3.63) is 89.0 Å². The summed E-state index contributed by atoms with van der Waals surface area (Å²) in [5, 5.41) is 20.2. The molecule has 2 atom stereocenters. The molecule has 25 heavy (non-hydrogen) atoms. The number of rotatable bonds is 2. The largest absolute Gasteiger partial charge is 0.379 e. The second kappa shape index (κ2) is 5.50. The normalized spacial score (nSPS) is 21.8. The number of hydrogen-bond donors (Lipinski definition) is 1. The molecule has 1 aliphatic heterocycles. The van der Waals surface area contributed by atoms with E-state index in [0.717, 1.165) is 0 Å². The molecule has 0 fully saturated rings. The predicted molar refractivity (Wildman–Crippen MR) is 85.5 cm³/mol. The van der Waals surface area contributed by atoms with Crippen molar-refractivity contribution in [2.24, 2.45) is 0 Å². The summed E-state index contributed by atoms with van der Waals surface area (Å²) < 4.78 is 29.4. The van der Waals surface area contributed by atoms with Crippen molar-refractivity contribution in [3.8, 4) is 6.07 Å². The van der Waals surface area contributed by atoms with Gasteiger partial charge in [-0.3, -0.25) is 0 Å². The Balaban J connectivity index is 1.81. The van der Waals surface area contributed by atoms with Crippen LogP contribution in [0.1, 0.15) is 34.8 Å². The van der Waals surface area contributed by atoms with Crippen LogP contribution in [0.15, 0.2) is 55.0 Å². The fourth-order valence-electron chi connectivity index (χ4n) is 3.47. The van der Waals surface area contributed by atoms with E-state index in [0.29, 0.717) is 16.8 Å². The van der Waals surface area contributed by atoms with Crippen molar-refractivity contribution in [2.45, 2.75) is 18.1 Å². The van der Waals surface area contributed by atoms with Gasteiger partial charge >= 0.3 is 0 Å². The summed E-state index contributed by atoms with van der Waals surface area (Å²) in [6.45, 7) is 0. The molecular weight excluding hydrogens is 324 g/mol. The van der Waals surface area contributed by atoms with Gasteiger partial charge < -0.3 is 9.67 Å². The van der Waals surface area contributed by atoms with Gasteiger partial charge in [-0.25, -0.2) is 13.8 Å². The Morgan fingerprint density at radius 2 is 1.96 bits per heavy atom. The summed E-state index contributed by atoms with van der Waals surface area (Å²) in [5.74, 6) is -0.902. The predicted octanol–water partition coefficient (Wildman–Crippen LogP) is 3.26. The van der Waals surface area contributed by atoms with E-state index in [2.05, 4.69) is 4.98 Å². The number of fused-ring (bicyclic) bond motifs is 1. The molecule has 2 unspecified atom stereocenters. The zero-order valence-corrected chi connectivity index (χ0v) is 13.0. The van der Waals surface area contributed by atoms with E-state index in [1.807, 2.05) is 6.07 Å². The average molecular weight is 337 g/mol. The minimum atomic E-state index is -1.39. The Kier molecular flexibility index (Phi) is 3.41. The van der Waals surface area contributed by atoms with Gasteiger partial charge in [0.2, 0.25) is 0 Å². The monoisotopic (exact) mass is 337 g/mol. The molecule has 0 spiro atoms. The number of halogens is 2. The maximum Gasteiger partial charge on any atom is 0.133 e. The lowest BCUT2D eigenvalue weighted by atomic mass is 9.86. The van der Waals surface area contributed by atoms with Crippen LogP contribution in [0.4, 0.5) is 8.78 Å². The molecule has 1 aromatic heterocycles. The number of benzene rings is 2. The first-order valence-electron chi connectivity index (χ1n) is 7.73. The van der Waals surface area contributed by atoms with E-state index in [1.54, 1.807) is 23.0 Å². The topological polar surface area (TPSA) is 61.8 Å². The van der Waals surface area contributed by atoms with E-state index in [4.69, 9.17) is 5.26 Å². The molecule has 1 aliphatic rings. The molecule has 0 radical (unpaired) electrons. The lowest BCUT2D eigenvalue weighted by Crippen LogP contribution is -2.24. The summed E-state index contributed by atoms with van der Waals surface area (Å²) in [4.78, 5) is 4.08. The molecule has 6 heteroatoms. The summed E-state index contributed by atoms with van der Waals surface area (Å²) >= 11 is 0. The van der Waals surface area contributed by atoms with Crippen molar-refractivity contribution in [3.63, 3.8) is 0 Å². The van der Waals surface area contributed by atoms with Crippen LogP contribution in [0, 0.1) is 23.0 Å². The Morgan fingerprint density at radius 3 is 2.64 bits per heavy atom. The Labute approximate surface area is 142 Å². The second-order valence-electron chi connectivity index (χ2n) is 6.12. The maximum atomic E-state index is 14.5. The van der Waals surface area contributed by atoms with Gasteiger partial charge in [-0.1, -0.05) is 18.2 Å². The first kappa shape index (κ1) is 15.5. The van der Waals surface area contributed by atoms with Crippen LogP contribution in [0.3, 0.4) is 0 Å². The van der Waals surface area contributed by atoms with E-state index >= 15 is 0 Å². The van der Waals surface area contributed by atoms with Crippen LogP contribution in [0.5, 0.6) is 0 Å². The van der Waals surface area contributed by atoms with Crippen molar-refractivity contribution in [1.82, 2.24) is 9.55 Å². The Bertz CT molecular complexity index is 991. The molecular formula is C19H13F2N3O. The quantitative estimate of drug-likeness (QED) is 0.781. The fourth-order valence-corrected chi connectivity index (χ4v) is 3.47. The van der Waals surface area contributed by atoms with E-state index in [1.165, 1.54) is 36.5 Å². The first-order chi connectivity index (χ1) is 12.0. The summed E-state index contributed by atoms with van der Waals surface area (Å²) in [6, 6.07) is 11.3. The minimum Gasteiger partial charge on any atom is -0.379 e. The highest BCUT2D eigenvalue weighted by Gasteiger charge is 2.45. The highest BCUT2D eigenvalue weighted by Crippen LogP contribution is 2.46. The van der Waals surface area contributed by atoms with Gasteiger partial charge in [-0.15, -0.1) is 0 Å². The lowest BCUT2D eigenvalue weighted by Gasteiger charge is -2.23. The smallest absolute Gasteiger partial charge is 0.133 e. The van der Waals surface area contributed by atoms with Crippen molar-refractivity contribution in [2.75, 3.05) is 0 Å². The van der Waals surface area contributed by atoms with Gasteiger partial charge in [0.15, 0.2) is 0 Å². The first-order valence-corrected chi connectivity index (χ1v) is 7.73. The number of hydrogen-bond acceptors (Lipinski definition) is 3. The SMILES string of the molecule is N#Cc1ccc(C2CC(O)(c3ccc(F)cc3)c3cncn32)c(F)c1. The van der Waals surface area contributed by atoms with Crippen molar-refractivity contribution >= 4 is 0 Å². The second-order valence-corrected chi connectivity index (χ2v) is 6.12. The number of aliphatic hydroxyl groups is 1. The van der Waals surface area contributed by atoms with Crippen LogP contribution in [0.2, 0.25) is 0 Å². The zero-order chi connectivity index (χ0) is 17.6. The third kappa shape index (κ3) is 2.32. The molecule has 0 bridgehead atoms. The van der Waals surface area contributed by atoms with E-state index in [9.17, 15) is 13.9 Å². The summed E-state index contributed by atoms with van der Waals surface area (Å²) in [7, 11) is 0. The molecule has 0 amide bonds. The molecule has 1 N–H and O–H groups in total. The molecule has 4 nitrogen and oxygen atoms in total. The zero-order valence-electron chi connectivity index (χ0n) is 13.0. The third-order valence-corrected chi connectivity index (χ3v) is 4.72. The lowest BCUT2D eigenvalue weighted by molar-refractivity contribution is 0.0792. The van der Waals surface area contributed by atoms with Crippen LogP contribution in [-0.2, 0) is 5.60 Å². The molecule has 4 rings (SSSR count). The number of imidazole rings is 1. The van der Waals surface area contributed by atoms with E-state index in [-0.39, 0.29) is 12.0 Å². The Hall–Kier alpha value is -3.04. The van der Waals surface area contributed by atoms with Crippen LogP contribution >= 0.6 is 0 Å². The molecule has 3 aromatic rings. The van der Waals surface area contributed by atoms with Crippen molar-refractivity contribution < 1.29 is 13.9 Å². The molecule has 124 valence electrons. The maximum absolute atomic E-state index is 14.5. The van der Waals surface area contributed by atoms with Crippen molar-refractivity contribution in [1.29, 1.82) is 5.26 Å². The van der Waals surface area contributed by atoms with Crippen LogP contribution in [-0.4, -0.2) is 14.7 Å². The molecule has 0 saturated carbocycles. The van der Waals surface area contributed by atoms with E-state index < -0.39 is 23.3 Å². The molecule has 0 aliphatic carbocycles. The molecule has 0 saturated heterocycles. The molecule has 2 aromatic carbocycles. The minimum absolute atomic E-state index is 0.194. The van der Waals surface area contributed by atoms with Gasteiger partial charge in [0.05, 0.1) is 35.9 Å². The molecule has 2 heterocycles. The van der Waals surface area contributed by atoms with Gasteiger partial charge in [-0.2, -0.15) is 5.26 Å². The van der Waals surface area contributed by atoms with Gasteiger partial charge in [-0.05, 0) is 29.8 Å². The highest BCUT2D eigenvalue weighted by molar-refractivity contribution is 5.40. The van der Waals surface area contributed by atoms with Crippen LogP contribution in [0.25, 0.3) is 0 Å². The average Bonchev–Trinajstić information content (AvgIpc) is 3.19. The van der Waals surface area contributed by atoms with Gasteiger partial charge in [0.1, 0.15) is 17.2 Å². The van der Waals surface area contributed by atoms with Gasteiger partial charge in [0.25, 0.3) is 0 Å². The Morgan fingerprint density at radius 1 is 1.20 bits per heavy atom. The highest BCUT2D eigenvalue weighted by atomic mass is 19.1. The standard InChI is InChI=1S/C19H13F2N3O/c20-14-4-2-13(3-5-14)19(25)8-17(24-11-23-10-18(19)24)15-6-1-12(9-22)7-16(15)21/h1-7,10-11,17,25H,8H2. The third-order valence-electron chi connectivity index (χ3n) is 4.72. The van der Waals surface area contributed by atoms with Gasteiger partial charge in [0, 0.05) is 12.0 Å². The summed E-state index contributed by atoms with van der Waals surface area (Å²) in [5.41, 5.74) is 0.255. The fraction of sp³-hybridized carbons (Fsp3) is 0.158. The number of aromatic nitrogens is 2.